The number of aliphatic hydroxyl groups is 1. The highest BCUT2D eigenvalue weighted by Crippen LogP contribution is 2.16. The summed E-state index contributed by atoms with van der Waals surface area (Å²) in [5.74, 6) is -0.0217. The van der Waals surface area contributed by atoms with E-state index in [2.05, 4.69) is 18.2 Å². The predicted octanol–water partition coefficient (Wildman–Crippen LogP) is 0.143. The quantitative estimate of drug-likeness (QED) is 0.311. The molecule has 74 valence electrons. The fraction of sp³-hybridized carbons (Fsp3) is 0.444. The second kappa shape index (κ2) is 5.37. The molecule has 0 aromatic carbocycles. The molecule has 0 fully saturated rings. The lowest BCUT2D eigenvalue weighted by atomic mass is 9.96. The van der Waals surface area contributed by atoms with Gasteiger partial charge in [0.25, 0.3) is 0 Å². The van der Waals surface area contributed by atoms with E-state index < -0.39 is 5.60 Å². The monoisotopic (exact) mass is 183 g/mol. The van der Waals surface area contributed by atoms with Crippen LogP contribution in [0.2, 0.25) is 0 Å². The highest BCUT2D eigenvalue weighted by Gasteiger charge is 2.22. The van der Waals surface area contributed by atoms with E-state index in [4.69, 9.17) is 11.5 Å². The Bertz CT molecular complexity index is 197. The first kappa shape index (κ1) is 11.7. The number of hydrogen-bond acceptors (Lipinski definition) is 2. The second-order valence-electron chi connectivity index (χ2n) is 2.95. The van der Waals surface area contributed by atoms with Gasteiger partial charge >= 0.3 is 0 Å². The molecule has 0 saturated heterocycles. The van der Waals surface area contributed by atoms with Gasteiger partial charge in [0, 0.05) is 0 Å². The van der Waals surface area contributed by atoms with Crippen LogP contribution in [0.1, 0.15) is 12.8 Å². The maximum absolute atomic E-state index is 9.90. The van der Waals surface area contributed by atoms with E-state index in [-0.39, 0.29) is 12.5 Å². The van der Waals surface area contributed by atoms with Crippen molar-refractivity contribution in [3.63, 3.8) is 0 Å². The Labute approximate surface area is 78.6 Å². The third-order valence-electron chi connectivity index (χ3n) is 1.60. The summed E-state index contributed by atoms with van der Waals surface area (Å²) in [5, 5.41) is 9.90. The van der Waals surface area contributed by atoms with Crippen molar-refractivity contribution in [2.24, 2.45) is 16.5 Å². The molecule has 0 aromatic heterocycles. The second-order valence-corrected chi connectivity index (χ2v) is 2.95. The lowest BCUT2D eigenvalue weighted by Gasteiger charge is -2.23. The molecule has 0 spiro atoms. The van der Waals surface area contributed by atoms with Crippen LogP contribution in [0.3, 0.4) is 0 Å². The van der Waals surface area contributed by atoms with Gasteiger partial charge in [-0.2, -0.15) is 0 Å². The molecule has 13 heavy (non-hydrogen) atoms. The fourth-order valence-electron chi connectivity index (χ4n) is 0.988. The number of rotatable bonds is 6. The van der Waals surface area contributed by atoms with Gasteiger partial charge < -0.3 is 16.6 Å². The van der Waals surface area contributed by atoms with E-state index in [1.165, 1.54) is 0 Å². The molecule has 0 amide bonds. The molecule has 0 aliphatic heterocycles. The summed E-state index contributed by atoms with van der Waals surface area (Å²) in [6.45, 7) is 7.27. The summed E-state index contributed by atoms with van der Waals surface area (Å²) in [6, 6.07) is 0. The zero-order chi connectivity index (χ0) is 10.3. The maximum Gasteiger partial charge on any atom is 0.186 e. The van der Waals surface area contributed by atoms with Gasteiger partial charge in [-0.15, -0.1) is 13.2 Å². The molecule has 0 aromatic rings. The van der Waals surface area contributed by atoms with E-state index >= 15 is 0 Å². The van der Waals surface area contributed by atoms with E-state index in [9.17, 15) is 5.11 Å². The van der Waals surface area contributed by atoms with Crippen LogP contribution in [0.25, 0.3) is 0 Å². The van der Waals surface area contributed by atoms with Crippen LogP contribution in [0, 0.1) is 0 Å². The summed E-state index contributed by atoms with van der Waals surface area (Å²) < 4.78 is 0. The van der Waals surface area contributed by atoms with Gasteiger partial charge in [0.05, 0.1) is 12.1 Å². The zero-order valence-corrected chi connectivity index (χ0v) is 7.74. The fourth-order valence-corrected chi connectivity index (χ4v) is 0.988. The Hall–Kier alpha value is -1.29. The Kier molecular flexibility index (Phi) is 4.84. The van der Waals surface area contributed by atoms with Crippen LogP contribution in [0.4, 0.5) is 0 Å². The van der Waals surface area contributed by atoms with E-state index in [1.54, 1.807) is 12.2 Å². The van der Waals surface area contributed by atoms with Crippen LogP contribution in [-0.4, -0.2) is 23.2 Å². The third kappa shape index (κ3) is 5.03. The molecule has 4 nitrogen and oxygen atoms in total. The van der Waals surface area contributed by atoms with Crippen molar-refractivity contribution in [3.05, 3.63) is 25.3 Å². The minimum absolute atomic E-state index is 0.0217. The minimum atomic E-state index is -0.951. The Morgan fingerprint density at radius 2 is 1.77 bits per heavy atom. The molecule has 0 aliphatic rings. The van der Waals surface area contributed by atoms with E-state index in [1.807, 2.05) is 0 Å². The summed E-state index contributed by atoms with van der Waals surface area (Å²) >= 11 is 0. The van der Waals surface area contributed by atoms with E-state index in [0.717, 1.165) is 0 Å². The average molecular weight is 183 g/mol. The summed E-state index contributed by atoms with van der Waals surface area (Å²) in [4.78, 5) is 3.76. The van der Waals surface area contributed by atoms with Gasteiger partial charge in [0.2, 0.25) is 0 Å². The van der Waals surface area contributed by atoms with Crippen molar-refractivity contribution in [3.8, 4) is 0 Å². The normalized spacial score (nSPS) is 10.5. The van der Waals surface area contributed by atoms with Crippen LogP contribution < -0.4 is 11.5 Å². The van der Waals surface area contributed by atoms with Crippen molar-refractivity contribution in [2.45, 2.75) is 18.4 Å². The molecule has 0 radical (unpaired) electrons. The number of guanidine groups is 1. The summed E-state index contributed by atoms with van der Waals surface area (Å²) in [6.07, 6.45) is 4.14. The van der Waals surface area contributed by atoms with Gasteiger partial charge in [0.15, 0.2) is 5.96 Å². The lowest BCUT2D eigenvalue weighted by molar-refractivity contribution is 0.0561. The van der Waals surface area contributed by atoms with Gasteiger partial charge in [0.1, 0.15) is 0 Å². The largest absolute Gasteiger partial charge is 0.387 e. The SMILES string of the molecule is C=CCC(O)(CC=C)CN=C(N)N. The zero-order valence-electron chi connectivity index (χ0n) is 7.74. The maximum atomic E-state index is 9.90. The van der Waals surface area contributed by atoms with Gasteiger partial charge in [-0.1, -0.05) is 12.2 Å². The van der Waals surface area contributed by atoms with Crippen molar-refractivity contribution in [1.29, 1.82) is 0 Å². The lowest BCUT2D eigenvalue weighted by Crippen LogP contribution is -2.34. The smallest absolute Gasteiger partial charge is 0.186 e. The Balaban J connectivity index is 4.30. The van der Waals surface area contributed by atoms with Gasteiger partial charge in [-0.3, -0.25) is 4.99 Å². The number of hydrogen-bond donors (Lipinski definition) is 3. The number of aliphatic imine (C=N–C) groups is 1. The van der Waals surface area contributed by atoms with Crippen LogP contribution in [-0.2, 0) is 0 Å². The Morgan fingerprint density at radius 1 is 1.31 bits per heavy atom. The first-order valence-electron chi connectivity index (χ1n) is 4.03. The van der Waals surface area contributed by atoms with Crippen molar-refractivity contribution in [2.75, 3.05) is 6.54 Å². The number of nitrogens with two attached hydrogens (primary N) is 2. The molecular formula is C9H17N3O. The van der Waals surface area contributed by atoms with Crippen molar-refractivity contribution < 1.29 is 5.11 Å². The predicted molar refractivity (Wildman–Crippen MR) is 55.3 cm³/mol. The van der Waals surface area contributed by atoms with Gasteiger partial charge in [-0.05, 0) is 12.8 Å². The van der Waals surface area contributed by atoms with Crippen LogP contribution in [0.5, 0.6) is 0 Å². The molecule has 0 saturated carbocycles. The standard InChI is InChI=1S/C9H17N3O/c1-3-5-9(13,6-4-2)7-12-8(10)11/h3-4,13H,1-2,5-7H2,(H4,10,11,12). The highest BCUT2D eigenvalue weighted by molar-refractivity contribution is 5.75. The van der Waals surface area contributed by atoms with Gasteiger partial charge in [-0.25, -0.2) is 0 Å². The minimum Gasteiger partial charge on any atom is -0.387 e. The topological polar surface area (TPSA) is 84.6 Å². The molecule has 0 heterocycles. The van der Waals surface area contributed by atoms with Crippen molar-refractivity contribution >= 4 is 5.96 Å². The van der Waals surface area contributed by atoms with E-state index in [0.29, 0.717) is 12.8 Å². The molecule has 0 unspecified atom stereocenters. The first-order chi connectivity index (χ1) is 6.04. The highest BCUT2D eigenvalue weighted by atomic mass is 16.3. The third-order valence-corrected chi connectivity index (χ3v) is 1.60. The molecule has 0 atom stereocenters. The summed E-state index contributed by atoms with van der Waals surface area (Å²) in [5.41, 5.74) is 9.36. The molecule has 0 bridgehead atoms. The first-order valence-corrected chi connectivity index (χ1v) is 4.03. The molecular weight excluding hydrogens is 166 g/mol. The molecule has 0 aliphatic carbocycles. The molecule has 0 rings (SSSR count). The average Bonchev–Trinajstić information content (AvgIpc) is 2.02. The molecule has 5 N–H and O–H groups in total. The van der Waals surface area contributed by atoms with Crippen LogP contribution >= 0.6 is 0 Å². The summed E-state index contributed by atoms with van der Waals surface area (Å²) in [7, 11) is 0. The van der Waals surface area contributed by atoms with Crippen LogP contribution in [0.15, 0.2) is 30.3 Å². The Morgan fingerprint density at radius 3 is 2.08 bits per heavy atom. The number of nitrogens with zero attached hydrogens (tertiary/aromatic N) is 1. The molecule has 4 heteroatoms. The van der Waals surface area contributed by atoms with Crippen molar-refractivity contribution in [1.82, 2.24) is 0 Å².